The normalized spacial score (nSPS) is 12.6. The number of amides is 2. The van der Waals surface area contributed by atoms with Gasteiger partial charge in [-0.15, -0.1) is 0 Å². The number of carboxylic acid groups (broad SMARTS) is 1. The van der Waals surface area contributed by atoms with Gasteiger partial charge in [0.1, 0.15) is 11.8 Å². The van der Waals surface area contributed by atoms with Gasteiger partial charge < -0.3 is 15.5 Å². The summed E-state index contributed by atoms with van der Waals surface area (Å²) < 4.78 is 0. The Morgan fingerprint density at radius 1 is 1.20 bits per heavy atom. The fourth-order valence-electron chi connectivity index (χ4n) is 1.66. The molecule has 0 aliphatic carbocycles. The number of nitrogens with zero attached hydrogens (tertiary/aromatic N) is 1. The summed E-state index contributed by atoms with van der Waals surface area (Å²) in [6.07, 6.45) is 0. The van der Waals surface area contributed by atoms with Crippen LogP contribution in [-0.4, -0.2) is 35.3 Å². The molecular formula is C14H20N2O4. The Kier molecular flexibility index (Phi) is 4.60. The van der Waals surface area contributed by atoms with Crippen molar-refractivity contribution in [3.8, 4) is 5.75 Å². The molecule has 0 unspecified atom stereocenters. The number of phenolic OH excluding ortho intramolecular Hbond substituents is 1. The second kappa shape index (κ2) is 5.81. The van der Waals surface area contributed by atoms with Crippen molar-refractivity contribution in [2.24, 2.45) is 5.41 Å². The zero-order chi connectivity index (χ0) is 15.5. The Labute approximate surface area is 118 Å². The van der Waals surface area contributed by atoms with Crippen LogP contribution in [0.25, 0.3) is 0 Å². The van der Waals surface area contributed by atoms with Gasteiger partial charge >= 0.3 is 12.0 Å². The number of aliphatic carboxylic acids is 1. The Morgan fingerprint density at radius 2 is 1.70 bits per heavy atom. The van der Waals surface area contributed by atoms with E-state index in [2.05, 4.69) is 5.32 Å². The monoisotopic (exact) mass is 280 g/mol. The van der Waals surface area contributed by atoms with Crippen molar-refractivity contribution < 1.29 is 19.8 Å². The number of phenols is 1. The predicted octanol–water partition coefficient (Wildman–Crippen LogP) is 2.04. The molecule has 20 heavy (non-hydrogen) atoms. The van der Waals surface area contributed by atoms with Crippen molar-refractivity contribution in [3.05, 3.63) is 24.3 Å². The lowest BCUT2D eigenvalue weighted by Crippen LogP contribution is -2.52. The smallest absolute Gasteiger partial charge is 0.326 e. The minimum absolute atomic E-state index is 0.0978. The highest BCUT2D eigenvalue weighted by Gasteiger charge is 2.33. The van der Waals surface area contributed by atoms with Crippen LogP contribution in [0.15, 0.2) is 24.3 Å². The molecule has 0 spiro atoms. The molecule has 0 fully saturated rings. The second-order valence-corrected chi connectivity index (χ2v) is 5.66. The molecule has 1 rings (SSSR count). The Morgan fingerprint density at radius 3 is 2.10 bits per heavy atom. The molecule has 0 aliphatic heterocycles. The summed E-state index contributed by atoms with van der Waals surface area (Å²) in [6.45, 7) is 5.23. The van der Waals surface area contributed by atoms with E-state index in [0.29, 0.717) is 5.69 Å². The van der Waals surface area contributed by atoms with Crippen LogP contribution in [0.5, 0.6) is 5.75 Å². The fraction of sp³-hybridized carbons (Fsp3) is 0.429. The average molecular weight is 280 g/mol. The molecule has 1 aromatic carbocycles. The summed E-state index contributed by atoms with van der Waals surface area (Å²) in [7, 11) is 1.53. The van der Waals surface area contributed by atoms with Crippen molar-refractivity contribution in [2.75, 3.05) is 11.9 Å². The number of nitrogens with one attached hydrogen (secondary N) is 1. The number of carbonyl (C=O) groups excluding carboxylic acids is 1. The van der Waals surface area contributed by atoms with Crippen LogP contribution in [0.4, 0.5) is 10.5 Å². The summed E-state index contributed by atoms with van der Waals surface area (Å²) >= 11 is 0. The van der Waals surface area contributed by atoms with Gasteiger partial charge in [0, 0.05) is 12.7 Å². The highest BCUT2D eigenvalue weighted by atomic mass is 16.4. The average Bonchev–Trinajstić information content (AvgIpc) is 2.33. The van der Waals surface area contributed by atoms with E-state index in [4.69, 9.17) is 0 Å². The van der Waals surface area contributed by atoms with Crippen molar-refractivity contribution in [2.45, 2.75) is 26.8 Å². The summed E-state index contributed by atoms with van der Waals surface area (Å²) in [4.78, 5) is 24.6. The van der Waals surface area contributed by atoms with E-state index in [0.717, 1.165) is 0 Å². The first-order valence-electron chi connectivity index (χ1n) is 6.19. The largest absolute Gasteiger partial charge is 0.508 e. The van der Waals surface area contributed by atoms with Gasteiger partial charge in [-0.25, -0.2) is 9.59 Å². The Bertz CT molecular complexity index is 491. The molecule has 0 aromatic heterocycles. The van der Waals surface area contributed by atoms with Gasteiger partial charge in [0.05, 0.1) is 0 Å². The summed E-state index contributed by atoms with van der Waals surface area (Å²) in [6, 6.07) is 4.55. The number of rotatable bonds is 3. The molecule has 6 heteroatoms. The lowest BCUT2D eigenvalue weighted by molar-refractivity contribution is -0.141. The van der Waals surface area contributed by atoms with Crippen molar-refractivity contribution in [1.82, 2.24) is 5.32 Å². The number of carbonyl (C=O) groups is 2. The van der Waals surface area contributed by atoms with Gasteiger partial charge in [-0.05, 0) is 29.7 Å². The first-order chi connectivity index (χ1) is 9.12. The Balaban J connectivity index is 2.84. The molecule has 110 valence electrons. The standard InChI is InChI=1S/C14H20N2O4/c1-14(2,3)11(12(18)19)15-13(20)16(4)9-5-7-10(17)8-6-9/h5-8,11,17H,1-4H3,(H,15,20)(H,18,19)/t11-/m1/s1. The minimum Gasteiger partial charge on any atom is -0.508 e. The zero-order valence-electron chi connectivity index (χ0n) is 12.0. The quantitative estimate of drug-likeness (QED) is 0.790. The van der Waals surface area contributed by atoms with Crippen molar-refractivity contribution in [3.63, 3.8) is 0 Å². The van der Waals surface area contributed by atoms with Gasteiger partial charge in [0.25, 0.3) is 0 Å². The third-order valence-corrected chi connectivity index (χ3v) is 2.92. The van der Waals surface area contributed by atoms with Crippen molar-refractivity contribution in [1.29, 1.82) is 0 Å². The maximum atomic E-state index is 12.1. The van der Waals surface area contributed by atoms with Crippen LogP contribution < -0.4 is 10.2 Å². The highest BCUT2D eigenvalue weighted by Crippen LogP contribution is 2.21. The first kappa shape index (κ1) is 15.8. The maximum absolute atomic E-state index is 12.1. The van der Waals surface area contributed by atoms with Crippen LogP contribution in [-0.2, 0) is 4.79 Å². The molecule has 2 amide bonds. The van der Waals surface area contributed by atoms with Crippen LogP contribution in [0.3, 0.4) is 0 Å². The molecular weight excluding hydrogens is 260 g/mol. The molecule has 1 atom stereocenters. The molecule has 0 saturated carbocycles. The minimum atomic E-state index is -1.08. The number of hydrogen-bond acceptors (Lipinski definition) is 3. The molecule has 0 bridgehead atoms. The number of urea groups is 1. The number of carboxylic acids is 1. The van der Waals surface area contributed by atoms with Crippen LogP contribution in [0.2, 0.25) is 0 Å². The highest BCUT2D eigenvalue weighted by molar-refractivity contribution is 5.94. The van der Waals surface area contributed by atoms with Crippen LogP contribution in [0, 0.1) is 5.41 Å². The number of aromatic hydroxyl groups is 1. The fourth-order valence-corrected chi connectivity index (χ4v) is 1.66. The van der Waals surface area contributed by atoms with E-state index in [-0.39, 0.29) is 5.75 Å². The lowest BCUT2D eigenvalue weighted by atomic mass is 9.87. The molecule has 3 N–H and O–H groups in total. The second-order valence-electron chi connectivity index (χ2n) is 5.66. The Hall–Kier alpha value is -2.24. The molecule has 6 nitrogen and oxygen atoms in total. The van der Waals surface area contributed by atoms with E-state index in [1.165, 1.54) is 24.1 Å². The lowest BCUT2D eigenvalue weighted by Gasteiger charge is -2.29. The predicted molar refractivity (Wildman–Crippen MR) is 75.9 cm³/mol. The third-order valence-electron chi connectivity index (χ3n) is 2.92. The first-order valence-corrected chi connectivity index (χ1v) is 6.19. The van der Waals surface area contributed by atoms with E-state index < -0.39 is 23.5 Å². The van der Waals surface area contributed by atoms with E-state index in [1.807, 2.05) is 0 Å². The summed E-state index contributed by atoms with van der Waals surface area (Å²) in [5.74, 6) is -0.981. The zero-order valence-corrected chi connectivity index (χ0v) is 12.0. The summed E-state index contributed by atoms with van der Waals surface area (Å²) in [5, 5.41) is 20.9. The molecule has 0 saturated heterocycles. The van der Waals surface area contributed by atoms with Gasteiger partial charge in [0.2, 0.25) is 0 Å². The van der Waals surface area contributed by atoms with E-state index >= 15 is 0 Å². The SMILES string of the molecule is CN(C(=O)N[C@H](C(=O)O)C(C)(C)C)c1ccc(O)cc1. The third kappa shape index (κ3) is 3.88. The maximum Gasteiger partial charge on any atom is 0.326 e. The number of hydrogen-bond donors (Lipinski definition) is 3. The van der Waals surface area contributed by atoms with Crippen molar-refractivity contribution >= 4 is 17.7 Å². The molecule has 0 aliphatic rings. The van der Waals surface area contributed by atoms with Crippen LogP contribution in [0.1, 0.15) is 20.8 Å². The topological polar surface area (TPSA) is 89.9 Å². The molecule has 1 aromatic rings. The van der Waals surface area contributed by atoms with Gasteiger partial charge in [-0.3, -0.25) is 4.90 Å². The van der Waals surface area contributed by atoms with Gasteiger partial charge in [0.15, 0.2) is 0 Å². The molecule has 0 radical (unpaired) electrons. The van der Waals surface area contributed by atoms with E-state index in [1.54, 1.807) is 32.9 Å². The van der Waals surface area contributed by atoms with Gasteiger partial charge in [-0.1, -0.05) is 20.8 Å². The number of anilines is 1. The van der Waals surface area contributed by atoms with E-state index in [9.17, 15) is 19.8 Å². The number of benzene rings is 1. The molecule has 0 heterocycles. The summed E-state index contributed by atoms with van der Waals surface area (Å²) in [5.41, 5.74) is -0.0459. The van der Waals surface area contributed by atoms with Gasteiger partial charge in [-0.2, -0.15) is 0 Å². The van der Waals surface area contributed by atoms with Crippen LogP contribution >= 0.6 is 0 Å².